The van der Waals surface area contributed by atoms with Gasteiger partial charge in [-0.15, -0.1) is 0 Å². The molecule has 15 heavy (non-hydrogen) atoms. The fourth-order valence-corrected chi connectivity index (χ4v) is 1.56. The van der Waals surface area contributed by atoms with Crippen LogP contribution in [0.2, 0.25) is 0 Å². The molecule has 1 aromatic rings. The Morgan fingerprint density at radius 2 is 1.87 bits per heavy atom. The Bertz CT molecular complexity index is 422. The van der Waals surface area contributed by atoms with Crippen molar-refractivity contribution in [1.29, 1.82) is 0 Å². The number of ether oxygens (including phenoxy) is 1. The second-order valence-electron chi connectivity index (χ2n) is 3.31. The van der Waals surface area contributed by atoms with Crippen molar-refractivity contribution in [3.8, 4) is 5.75 Å². The molecule has 1 aliphatic rings. The molecule has 0 spiro atoms. The van der Waals surface area contributed by atoms with Gasteiger partial charge >= 0.3 is 5.97 Å². The Labute approximate surface area is 85.5 Å². The first-order chi connectivity index (χ1) is 6.90. The van der Waals surface area contributed by atoms with E-state index in [9.17, 15) is 20.4 Å². The molecule has 0 unspecified atom stereocenters. The van der Waals surface area contributed by atoms with Crippen LogP contribution in [0.3, 0.4) is 0 Å². The monoisotopic (exact) mass is 210 g/mol. The van der Waals surface area contributed by atoms with Gasteiger partial charge < -0.3 is 25.2 Å². The maximum atomic E-state index is 9.57. The van der Waals surface area contributed by atoms with E-state index in [1.807, 2.05) is 0 Å². The van der Waals surface area contributed by atoms with Gasteiger partial charge in [-0.05, 0) is 11.6 Å². The highest BCUT2D eigenvalue weighted by molar-refractivity contribution is 5.60. The molecule has 0 saturated carbocycles. The summed E-state index contributed by atoms with van der Waals surface area (Å²) in [6, 6.07) is 4.53. The van der Waals surface area contributed by atoms with Crippen LogP contribution < -0.4 is 4.74 Å². The summed E-state index contributed by atoms with van der Waals surface area (Å²) in [5.74, 6) is -5.91. The maximum Gasteiger partial charge on any atom is 0.384 e. The lowest BCUT2D eigenvalue weighted by molar-refractivity contribution is -0.426. The van der Waals surface area contributed by atoms with Crippen LogP contribution in [0.25, 0.3) is 6.08 Å². The molecule has 0 radical (unpaired) electrons. The minimum absolute atomic E-state index is 0.00222. The van der Waals surface area contributed by atoms with Crippen LogP contribution in [0.1, 0.15) is 11.1 Å². The third-order valence-electron chi connectivity index (χ3n) is 2.33. The molecule has 0 fully saturated rings. The summed E-state index contributed by atoms with van der Waals surface area (Å²) in [6.07, 6.45) is 1.37. The van der Waals surface area contributed by atoms with E-state index in [2.05, 4.69) is 11.3 Å². The standard InChI is InChI=1S/C10H10O5/c1-2-6-4-3-5-7-8(6)9(11,12)10(13,14)15-7/h2-5,11-14H,1H2. The predicted molar refractivity (Wildman–Crippen MR) is 50.4 cm³/mol. The van der Waals surface area contributed by atoms with Crippen LogP contribution in [0, 0.1) is 0 Å². The molecule has 2 rings (SSSR count). The number of hydrogen-bond acceptors (Lipinski definition) is 5. The molecule has 5 heteroatoms. The number of aliphatic hydroxyl groups is 4. The highest BCUT2D eigenvalue weighted by Gasteiger charge is 2.59. The quantitative estimate of drug-likeness (QED) is 0.469. The minimum atomic E-state index is -3.05. The zero-order chi connectivity index (χ0) is 11.3. The first-order valence-corrected chi connectivity index (χ1v) is 4.24. The molecule has 0 aliphatic carbocycles. The molecule has 0 atom stereocenters. The van der Waals surface area contributed by atoms with Crippen molar-refractivity contribution in [3.63, 3.8) is 0 Å². The molecule has 0 saturated heterocycles. The Kier molecular flexibility index (Phi) is 1.89. The molecule has 5 nitrogen and oxygen atoms in total. The normalized spacial score (nSPS) is 20.5. The van der Waals surface area contributed by atoms with Gasteiger partial charge in [0.1, 0.15) is 5.75 Å². The number of fused-ring (bicyclic) bond motifs is 1. The molecule has 80 valence electrons. The molecule has 1 aromatic carbocycles. The van der Waals surface area contributed by atoms with E-state index < -0.39 is 11.8 Å². The van der Waals surface area contributed by atoms with Gasteiger partial charge in [-0.3, -0.25) is 0 Å². The third-order valence-corrected chi connectivity index (χ3v) is 2.33. The van der Waals surface area contributed by atoms with Gasteiger partial charge in [-0.1, -0.05) is 24.8 Å². The maximum absolute atomic E-state index is 9.57. The summed E-state index contributed by atoms with van der Waals surface area (Å²) in [5.41, 5.74) is 0.257. The molecule has 0 bridgehead atoms. The summed E-state index contributed by atoms with van der Waals surface area (Å²) in [4.78, 5) is 0. The van der Waals surface area contributed by atoms with Crippen molar-refractivity contribution >= 4 is 6.08 Å². The molecule has 1 aliphatic heterocycles. The van der Waals surface area contributed by atoms with Crippen LogP contribution in [0.15, 0.2) is 24.8 Å². The lowest BCUT2D eigenvalue weighted by Gasteiger charge is -2.26. The van der Waals surface area contributed by atoms with E-state index in [1.54, 1.807) is 12.1 Å². The van der Waals surface area contributed by atoms with Crippen LogP contribution in [-0.4, -0.2) is 26.4 Å². The van der Waals surface area contributed by atoms with Gasteiger partial charge in [0, 0.05) is 0 Å². The predicted octanol–water partition coefficient (Wildman–Crippen LogP) is -0.502. The topological polar surface area (TPSA) is 90.2 Å². The molecular weight excluding hydrogens is 200 g/mol. The van der Waals surface area contributed by atoms with Crippen LogP contribution in [0.4, 0.5) is 0 Å². The van der Waals surface area contributed by atoms with Gasteiger partial charge in [0.05, 0.1) is 5.56 Å². The van der Waals surface area contributed by atoms with E-state index in [0.717, 1.165) is 0 Å². The summed E-state index contributed by atoms with van der Waals surface area (Å²) in [5, 5.41) is 37.7. The Morgan fingerprint density at radius 3 is 2.47 bits per heavy atom. The van der Waals surface area contributed by atoms with E-state index >= 15 is 0 Å². The van der Waals surface area contributed by atoms with E-state index in [1.165, 1.54) is 12.1 Å². The summed E-state index contributed by atoms with van der Waals surface area (Å²) >= 11 is 0. The SMILES string of the molecule is C=Cc1cccc2c1C(O)(O)C(O)(O)O2. The average Bonchev–Trinajstić information content (AvgIpc) is 2.33. The Balaban J connectivity index is 2.70. The van der Waals surface area contributed by atoms with Crippen molar-refractivity contribution in [3.05, 3.63) is 35.9 Å². The Morgan fingerprint density at radius 1 is 1.20 bits per heavy atom. The summed E-state index contributed by atoms with van der Waals surface area (Å²) in [7, 11) is 0. The van der Waals surface area contributed by atoms with Crippen molar-refractivity contribution < 1.29 is 25.2 Å². The van der Waals surface area contributed by atoms with Gasteiger partial charge in [0.15, 0.2) is 0 Å². The molecule has 0 amide bonds. The second-order valence-corrected chi connectivity index (χ2v) is 3.31. The lowest BCUT2D eigenvalue weighted by Crippen LogP contribution is -2.51. The van der Waals surface area contributed by atoms with Crippen molar-refractivity contribution in [2.75, 3.05) is 0 Å². The fourth-order valence-electron chi connectivity index (χ4n) is 1.56. The highest BCUT2D eigenvalue weighted by atomic mass is 16.8. The van der Waals surface area contributed by atoms with Crippen LogP contribution in [0.5, 0.6) is 5.75 Å². The minimum Gasteiger partial charge on any atom is -0.434 e. The largest absolute Gasteiger partial charge is 0.434 e. The lowest BCUT2D eigenvalue weighted by atomic mass is 9.99. The molecular formula is C10H10O5. The van der Waals surface area contributed by atoms with Crippen molar-refractivity contribution in [2.24, 2.45) is 0 Å². The first kappa shape index (κ1) is 10.1. The van der Waals surface area contributed by atoms with Crippen LogP contribution in [-0.2, 0) is 5.79 Å². The summed E-state index contributed by atoms with van der Waals surface area (Å²) < 4.78 is 4.62. The zero-order valence-electron chi connectivity index (χ0n) is 7.71. The smallest absolute Gasteiger partial charge is 0.384 e. The molecule has 1 heterocycles. The van der Waals surface area contributed by atoms with Gasteiger partial charge in [-0.25, -0.2) is 0 Å². The fraction of sp³-hybridized carbons (Fsp3) is 0.200. The first-order valence-electron chi connectivity index (χ1n) is 4.24. The van der Waals surface area contributed by atoms with E-state index in [4.69, 9.17) is 0 Å². The van der Waals surface area contributed by atoms with Crippen molar-refractivity contribution in [1.82, 2.24) is 0 Å². The number of benzene rings is 1. The second kappa shape index (κ2) is 2.80. The van der Waals surface area contributed by atoms with Crippen LogP contribution >= 0.6 is 0 Å². The third kappa shape index (κ3) is 1.18. The zero-order valence-corrected chi connectivity index (χ0v) is 7.71. The molecule has 0 aromatic heterocycles. The van der Waals surface area contributed by atoms with E-state index in [-0.39, 0.29) is 11.3 Å². The van der Waals surface area contributed by atoms with Gasteiger partial charge in [0.2, 0.25) is 0 Å². The molecule has 4 N–H and O–H groups in total. The number of rotatable bonds is 1. The van der Waals surface area contributed by atoms with Gasteiger partial charge in [0.25, 0.3) is 5.79 Å². The van der Waals surface area contributed by atoms with Crippen molar-refractivity contribution in [2.45, 2.75) is 11.8 Å². The number of hydrogen-bond donors (Lipinski definition) is 4. The summed E-state index contributed by atoms with van der Waals surface area (Å²) in [6.45, 7) is 3.48. The Hall–Kier alpha value is -1.40. The van der Waals surface area contributed by atoms with E-state index in [0.29, 0.717) is 5.56 Å². The van der Waals surface area contributed by atoms with Gasteiger partial charge in [-0.2, -0.15) is 0 Å². The highest BCUT2D eigenvalue weighted by Crippen LogP contribution is 2.45. The average molecular weight is 210 g/mol.